The molecular weight excluding hydrogens is 290 g/mol. The Kier molecular flexibility index (Phi) is 4.73. The molecule has 6 heteroatoms. The van der Waals surface area contributed by atoms with E-state index in [1.54, 1.807) is 18.0 Å². The lowest BCUT2D eigenvalue weighted by Gasteiger charge is -2.25. The van der Waals surface area contributed by atoms with E-state index in [-0.39, 0.29) is 18.0 Å². The molecule has 114 valence electrons. The number of nitrogens with one attached hydrogen (secondary N) is 1. The van der Waals surface area contributed by atoms with Gasteiger partial charge in [-0.3, -0.25) is 4.79 Å². The third-order valence-electron chi connectivity index (χ3n) is 3.52. The molecular formula is C15H20ClN3O2. The maximum absolute atomic E-state index is 12.5. The zero-order valence-electron chi connectivity index (χ0n) is 12.5. The molecule has 0 aliphatic carbocycles. The first-order valence-corrected chi connectivity index (χ1v) is 7.39. The number of carbonyl (C=O) groups excluding carboxylic acids is 2. The number of likely N-dealkylation sites (N-methyl/N-ethyl adjacent to an activating group) is 1. The Morgan fingerprint density at radius 1 is 1.43 bits per heavy atom. The van der Waals surface area contributed by atoms with Gasteiger partial charge < -0.3 is 15.1 Å². The van der Waals surface area contributed by atoms with Crippen molar-refractivity contribution in [2.75, 3.05) is 18.5 Å². The molecule has 5 nitrogen and oxygen atoms in total. The van der Waals surface area contributed by atoms with Crippen molar-refractivity contribution in [1.82, 2.24) is 10.2 Å². The van der Waals surface area contributed by atoms with Crippen LogP contribution in [0.2, 0.25) is 5.02 Å². The molecule has 1 saturated heterocycles. The SMILES string of the molecule is CC(C)NC(=O)N(C)[C@@H]1CCN(c2ccccc2Cl)C1=O. The number of hydrogen-bond acceptors (Lipinski definition) is 2. The van der Waals surface area contributed by atoms with Crippen molar-refractivity contribution >= 4 is 29.2 Å². The van der Waals surface area contributed by atoms with Crippen molar-refractivity contribution < 1.29 is 9.59 Å². The van der Waals surface area contributed by atoms with Crippen LogP contribution in [0.25, 0.3) is 0 Å². The summed E-state index contributed by atoms with van der Waals surface area (Å²) in [7, 11) is 1.65. The highest BCUT2D eigenvalue weighted by atomic mass is 35.5. The lowest BCUT2D eigenvalue weighted by molar-refractivity contribution is -0.120. The van der Waals surface area contributed by atoms with E-state index in [9.17, 15) is 9.59 Å². The standard InChI is InChI=1S/C15H20ClN3O2/c1-10(2)17-15(21)18(3)13-8-9-19(14(13)20)12-7-5-4-6-11(12)16/h4-7,10,13H,8-9H2,1-3H3,(H,17,21)/t13-/m1/s1. The third kappa shape index (κ3) is 3.29. The van der Waals surface area contributed by atoms with Gasteiger partial charge in [-0.2, -0.15) is 0 Å². The summed E-state index contributed by atoms with van der Waals surface area (Å²) in [6.07, 6.45) is 0.603. The van der Waals surface area contributed by atoms with Gasteiger partial charge in [-0.05, 0) is 32.4 Å². The van der Waals surface area contributed by atoms with E-state index in [2.05, 4.69) is 5.32 Å². The van der Waals surface area contributed by atoms with E-state index in [4.69, 9.17) is 11.6 Å². The zero-order chi connectivity index (χ0) is 15.6. The maximum atomic E-state index is 12.5. The first kappa shape index (κ1) is 15.6. The van der Waals surface area contributed by atoms with E-state index in [0.717, 1.165) is 0 Å². The van der Waals surface area contributed by atoms with Crippen molar-refractivity contribution in [3.05, 3.63) is 29.3 Å². The Morgan fingerprint density at radius 3 is 2.71 bits per heavy atom. The van der Waals surface area contributed by atoms with Gasteiger partial charge in [0.15, 0.2) is 0 Å². The highest BCUT2D eigenvalue weighted by Gasteiger charge is 2.37. The van der Waals surface area contributed by atoms with Crippen molar-refractivity contribution in [2.45, 2.75) is 32.4 Å². The smallest absolute Gasteiger partial charge is 0.318 e. The second-order valence-corrected chi connectivity index (χ2v) is 5.87. The number of para-hydroxylation sites is 1. The summed E-state index contributed by atoms with van der Waals surface area (Å²) in [5.74, 6) is -0.0930. The monoisotopic (exact) mass is 309 g/mol. The van der Waals surface area contributed by atoms with Crippen LogP contribution < -0.4 is 10.2 Å². The Balaban J connectivity index is 2.12. The number of carbonyl (C=O) groups is 2. The van der Waals surface area contributed by atoms with Crippen LogP contribution in [0.15, 0.2) is 24.3 Å². The highest BCUT2D eigenvalue weighted by molar-refractivity contribution is 6.34. The molecule has 0 unspecified atom stereocenters. The molecule has 1 N–H and O–H groups in total. The largest absolute Gasteiger partial charge is 0.336 e. The molecule has 0 spiro atoms. The zero-order valence-corrected chi connectivity index (χ0v) is 13.2. The molecule has 1 aromatic rings. The lowest BCUT2D eigenvalue weighted by atomic mass is 10.2. The van der Waals surface area contributed by atoms with Gasteiger partial charge in [0.25, 0.3) is 0 Å². The molecule has 1 aromatic carbocycles. The molecule has 0 saturated carbocycles. The summed E-state index contributed by atoms with van der Waals surface area (Å²) in [6, 6.07) is 6.60. The van der Waals surface area contributed by atoms with E-state index in [1.807, 2.05) is 32.0 Å². The number of nitrogens with zero attached hydrogens (tertiary/aromatic N) is 2. The predicted molar refractivity (Wildman–Crippen MR) is 83.6 cm³/mol. The number of anilines is 1. The van der Waals surface area contributed by atoms with Gasteiger partial charge in [0, 0.05) is 19.6 Å². The van der Waals surface area contributed by atoms with Gasteiger partial charge in [-0.15, -0.1) is 0 Å². The van der Waals surface area contributed by atoms with E-state index in [0.29, 0.717) is 23.7 Å². The number of halogens is 1. The molecule has 1 aliphatic rings. The Labute approximate surface area is 129 Å². The van der Waals surface area contributed by atoms with Crippen LogP contribution in [-0.4, -0.2) is 42.5 Å². The van der Waals surface area contributed by atoms with Crippen LogP contribution in [0.4, 0.5) is 10.5 Å². The van der Waals surface area contributed by atoms with Crippen molar-refractivity contribution in [2.24, 2.45) is 0 Å². The third-order valence-corrected chi connectivity index (χ3v) is 3.84. The van der Waals surface area contributed by atoms with Crippen LogP contribution in [0.3, 0.4) is 0 Å². The van der Waals surface area contributed by atoms with Gasteiger partial charge in [-0.25, -0.2) is 4.79 Å². The average Bonchev–Trinajstić information content (AvgIpc) is 2.79. The fourth-order valence-electron chi connectivity index (χ4n) is 2.42. The van der Waals surface area contributed by atoms with Crippen molar-refractivity contribution in [1.29, 1.82) is 0 Å². The van der Waals surface area contributed by atoms with Gasteiger partial charge in [0.05, 0.1) is 10.7 Å². The predicted octanol–water partition coefficient (Wildman–Crippen LogP) is 2.50. The molecule has 3 amide bonds. The fraction of sp³-hybridized carbons (Fsp3) is 0.467. The van der Waals surface area contributed by atoms with Gasteiger partial charge in [-0.1, -0.05) is 23.7 Å². The Morgan fingerprint density at radius 2 is 2.10 bits per heavy atom. The molecule has 0 bridgehead atoms. The second kappa shape index (κ2) is 6.35. The number of rotatable bonds is 3. The molecule has 0 radical (unpaired) electrons. The van der Waals surface area contributed by atoms with Gasteiger partial charge in [0.1, 0.15) is 6.04 Å². The molecule has 0 aromatic heterocycles. The van der Waals surface area contributed by atoms with E-state index >= 15 is 0 Å². The lowest BCUT2D eigenvalue weighted by Crippen LogP contribution is -2.48. The Hall–Kier alpha value is -1.75. The van der Waals surface area contributed by atoms with E-state index < -0.39 is 6.04 Å². The number of urea groups is 1. The first-order chi connectivity index (χ1) is 9.91. The van der Waals surface area contributed by atoms with Crippen LogP contribution in [0.5, 0.6) is 0 Å². The van der Waals surface area contributed by atoms with Crippen molar-refractivity contribution in [3.63, 3.8) is 0 Å². The second-order valence-electron chi connectivity index (χ2n) is 5.46. The summed E-state index contributed by atoms with van der Waals surface area (Å²) in [4.78, 5) is 27.7. The summed E-state index contributed by atoms with van der Waals surface area (Å²) in [6.45, 7) is 4.34. The minimum Gasteiger partial charge on any atom is -0.336 e. The van der Waals surface area contributed by atoms with Gasteiger partial charge in [0.2, 0.25) is 5.91 Å². The molecule has 1 atom stereocenters. The Bertz CT molecular complexity index is 547. The number of hydrogen-bond donors (Lipinski definition) is 1. The number of amides is 3. The van der Waals surface area contributed by atoms with Crippen LogP contribution in [-0.2, 0) is 4.79 Å². The minimum atomic E-state index is -0.444. The maximum Gasteiger partial charge on any atom is 0.318 e. The summed E-state index contributed by atoms with van der Waals surface area (Å²) < 4.78 is 0. The molecule has 2 rings (SSSR count). The average molecular weight is 310 g/mol. The number of benzene rings is 1. The quantitative estimate of drug-likeness (QED) is 0.932. The summed E-state index contributed by atoms with van der Waals surface area (Å²) >= 11 is 6.14. The minimum absolute atomic E-state index is 0.0381. The van der Waals surface area contributed by atoms with Crippen LogP contribution >= 0.6 is 11.6 Å². The summed E-state index contributed by atoms with van der Waals surface area (Å²) in [5, 5.41) is 3.34. The first-order valence-electron chi connectivity index (χ1n) is 7.01. The fourth-order valence-corrected chi connectivity index (χ4v) is 2.66. The molecule has 21 heavy (non-hydrogen) atoms. The topological polar surface area (TPSA) is 52.7 Å². The molecule has 1 aliphatic heterocycles. The normalized spacial score (nSPS) is 18.2. The van der Waals surface area contributed by atoms with Crippen LogP contribution in [0, 0.1) is 0 Å². The van der Waals surface area contributed by atoms with Crippen molar-refractivity contribution in [3.8, 4) is 0 Å². The highest BCUT2D eigenvalue weighted by Crippen LogP contribution is 2.30. The van der Waals surface area contributed by atoms with E-state index in [1.165, 1.54) is 4.90 Å². The molecule has 1 heterocycles. The summed E-state index contributed by atoms with van der Waals surface area (Å²) in [5.41, 5.74) is 0.698. The molecule has 1 fully saturated rings. The van der Waals surface area contributed by atoms with Gasteiger partial charge >= 0.3 is 6.03 Å². The van der Waals surface area contributed by atoms with Crippen LogP contribution in [0.1, 0.15) is 20.3 Å².